The van der Waals surface area contributed by atoms with Crippen LogP contribution in [0.25, 0.3) is 11.2 Å². The Balaban J connectivity index is 1.86. The SMILES string of the molecule is CCCC1CCC(n2c(N)nc3cc(C)cnc32)CC1. The number of hydrogen-bond donors (Lipinski definition) is 1. The Morgan fingerprint density at radius 3 is 2.75 bits per heavy atom. The van der Waals surface area contributed by atoms with Crippen molar-refractivity contribution in [2.24, 2.45) is 5.92 Å². The third kappa shape index (κ3) is 2.39. The second kappa shape index (κ2) is 5.43. The van der Waals surface area contributed by atoms with E-state index in [0.717, 1.165) is 22.6 Å². The topological polar surface area (TPSA) is 56.7 Å². The van der Waals surface area contributed by atoms with Gasteiger partial charge < -0.3 is 5.73 Å². The molecule has 2 heterocycles. The zero-order valence-corrected chi connectivity index (χ0v) is 12.5. The van der Waals surface area contributed by atoms with Gasteiger partial charge in [0.25, 0.3) is 0 Å². The van der Waals surface area contributed by atoms with Crippen LogP contribution >= 0.6 is 0 Å². The first-order valence-electron chi connectivity index (χ1n) is 7.79. The maximum Gasteiger partial charge on any atom is 0.202 e. The Morgan fingerprint density at radius 2 is 2.05 bits per heavy atom. The second-order valence-corrected chi connectivity index (χ2v) is 6.16. The molecular weight excluding hydrogens is 248 g/mol. The van der Waals surface area contributed by atoms with Gasteiger partial charge >= 0.3 is 0 Å². The number of anilines is 1. The van der Waals surface area contributed by atoms with Crippen LogP contribution < -0.4 is 5.73 Å². The summed E-state index contributed by atoms with van der Waals surface area (Å²) in [4.78, 5) is 9.04. The average Bonchev–Trinajstić information content (AvgIpc) is 2.75. The van der Waals surface area contributed by atoms with E-state index in [9.17, 15) is 0 Å². The van der Waals surface area contributed by atoms with Crippen LogP contribution in [0.1, 0.15) is 57.1 Å². The van der Waals surface area contributed by atoms with Gasteiger partial charge in [0.1, 0.15) is 5.52 Å². The van der Waals surface area contributed by atoms with Gasteiger partial charge in [0.05, 0.1) is 0 Å². The molecule has 3 rings (SSSR count). The average molecular weight is 272 g/mol. The van der Waals surface area contributed by atoms with Crippen molar-refractivity contribution in [1.29, 1.82) is 0 Å². The molecule has 0 radical (unpaired) electrons. The van der Waals surface area contributed by atoms with E-state index in [-0.39, 0.29) is 0 Å². The molecule has 4 nitrogen and oxygen atoms in total. The summed E-state index contributed by atoms with van der Waals surface area (Å²) in [6.45, 7) is 4.32. The van der Waals surface area contributed by atoms with Crippen molar-refractivity contribution >= 4 is 17.1 Å². The van der Waals surface area contributed by atoms with Gasteiger partial charge in [-0.1, -0.05) is 19.8 Å². The van der Waals surface area contributed by atoms with Crippen LogP contribution in [0.15, 0.2) is 12.3 Å². The molecule has 0 spiro atoms. The van der Waals surface area contributed by atoms with Gasteiger partial charge in [-0.3, -0.25) is 4.57 Å². The largest absolute Gasteiger partial charge is 0.369 e. The van der Waals surface area contributed by atoms with E-state index < -0.39 is 0 Å². The summed E-state index contributed by atoms with van der Waals surface area (Å²) < 4.78 is 2.16. The molecule has 108 valence electrons. The van der Waals surface area contributed by atoms with Crippen LogP contribution in [0.3, 0.4) is 0 Å². The first kappa shape index (κ1) is 13.4. The second-order valence-electron chi connectivity index (χ2n) is 6.16. The van der Waals surface area contributed by atoms with Gasteiger partial charge in [-0.2, -0.15) is 0 Å². The molecule has 1 aliphatic carbocycles. The number of hydrogen-bond acceptors (Lipinski definition) is 3. The van der Waals surface area contributed by atoms with Crippen LogP contribution in [0, 0.1) is 12.8 Å². The summed E-state index contributed by atoms with van der Waals surface area (Å²) in [5.41, 5.74) is 9.15. The van der Waals surface area contributed by atoms with Crippen molar-refractivity contribution in [3.8, 4) is 0 Å². The molecule has 0 bridgehead atoms. The van der Waals surface area contributed by atoms with Crippen molar-refractivity contribution in [3.63, 3.8) is 0 Å². The molecule has 1 saturated carbocycles. The lowest BCUT2D eigenvalue weighted by atomic mass is 9.83. The van der Waals surface area contributed by atoms with Gasteiger partial charge in [-0.05, 0) is 50.2 Å². The monoisotopic (exact) mass is 272 g/mol. The maximum atomic E-state index is 6.14. The van der Waals surface area contributed by atoms with E-state index in [4.69, 9.17) is 5.73 Å². The summed E-state index contributed by atoms with van der Waals surface area (Å²) in [7, 11) is 0. The summed E-state index contributed by atoms with van der Waals surface area (Å²) >= 11 is 0. The Kier molecular flexibility index (Phi) is 3.64. The number of nitrogens with two attached hydrogens (primary N) is 1. The van der Waals surface area contributed by atoms with Crippen molar-refractivity contribution in [1.82, 2.24) is 14.5 Å². The van der Waals surface area contributed by atoms with Crippen LogP contribution in [0.2, 0.25) is 0 Å². The molecular formula is C16H24N4. The van der Waals surface area contributed by atoms with Crippen molar-refractivity contribution in [2.45, 2.75) is 58.4 Å². The lowest BCUT2D eigenvalue weighted by Crippen LogP contribution is -2.19. The molecule has 2 aromatic heterocycles. The fraction of sp³-hybridized carbons (Fsp3) is 0.625. The van der Waals surface area contributed by atoms with Crippen molar-refractivity contribution < 1.29 is 0 Å². The lowest BCUT2D eigenvalue weighted by molar-refractivity contribution is 0.267. The number of nitrogen functional groups attached to an aromatic ring is 1. The molecule has 0 amide bonds. The van der Waals surface area contributed by atoms with Crippen LogP contribution in [0.5, 0.6) is 0 Å². The minimum atomic E-state index is 0.475. The molecule has 1 aliphatic rings. The van der Waals surface area contributed by atoms with Gasteiger partial charge in [0, 0.05) is 12.2 Å². The molecule has 0 saturated heterocycles. The number of aryl methyl sites for hydroxylation is 1. The summed E-state index contributed by atoms with van der Waals surface area (Å²) in [6, 6.07) is 2.54. The minimum Gasteiger partial charge on any atom is -0.369 e. The van der Waals surface area contributed by atoms with Gasteiger partial charge in [0.2, 0.25) is 5.95 Å². The smallest absolute Gasteiger partial charge is 0.202 e. The predicted octanol–water partition coefficient (Wildman–Crippen LogP) is 3.85. The fourth-order valence-corrected chi connectivity index (χ4v) is 3.56. The highest BCUT2D eigenvalue weighted by Crippen LogP contribution is 2.37. The maximum absolute atomic E-state index is 6.14. The molecule has 1 fully saturated rings. The highest BCUT2D eigenvalue weighted by atomic mass is 15.2. The van der Waals surface area contributed by atoms with Gasteiger partial charge in [0.15, 0.2) is 5.65 Å². The molecule has 0 aromatic carbocycles. The van der Waals surface area contributed by atoms with E-state index in [1.54, 1.807) is 0 Å². The van der Waals surface area contributed by atoms with Crippen molar-refractivity contribution in [3.05, 3.63) is 17.8 Å². The first-order valence-corrected chi connectivity index (χ1v) is 7.79. The summed E-state index contributed by atoms with van der Waals surface area (Å²) in [5, 5.41) is 0. The van der Waals surface area contributed by atoms with Crippen LogP contribution in [0.4, 0.5) is 5.95 Å². The van der Waals surface area contributed by atoms with E-state index in [1.807, 2.05) is 13.1 Å². The predicted molar refractivity (Wildman–Crippen MR) is 82.6 cm³/mol. The summed E-state index contributed by atoms with van der Waals surface area (Å²) in [6.07, 6.45) is 9.60. The number of imidazole rings is 1. The quantitative estimate of drug-likeness (QED) is 0.923. The number of fused-ring (bicyclic) bond motifs is 1. The number of rotatable bonds is 3. The highest BCUT2D eigenvalue weighted by Gasteiger charge is 2.25. The minimum absolute atomic E-state index is 0.475. The Morgan fingerprint density at radius 1 is 1.30 bits per heavy atom. The fourth-order valence-electron chi connectivity index (χ4n) is 3.56. The van der Waals surface area contributed by atoms with Gasteiger partial charge in [-0.15, -0.1) is 0 Å². The Hall–Kier alpha value is -1.58. The third-order valence-corrected chi connectivity index (χ3v) is 4.57. The zero-order chi connectivity index (χ0) is 14.1. The lowest BCUT2D eigenvalue weighted by Gasteiger charge is -2.29. The van der Waals surface area contributed by atoms with Crippen LogP contribution in [-0.2, 0) is 0 Å². The van der Waals surface area contributed by atoms with E-state index in [1.165, 1.54) is 38.5 Å². The van der Waals surface area contributed by atoms with E-state index in [0.29, 0.717) is 12.0 Å². The van der Waals surface area contributed by atoms with Gasteiger partial charge in [-0.25, -0.2) is 9.97 Å². The molecule has 0 aliphatic heterocycles. The summed E-state index contributed by atoms with van der Waals surface area (Å²) in [5.74, 6) is 1.53. The number of pyridine rings is 1. The molecule has 0 atom stereocenters. The standard InChI is InChI=1S/C16H24N4/c1-3-4-12-5-7-13(8-6-12)20-15-14(19-16(20)17)9-11(2)10-18-15/h9-10,12-13H,3-8H2,1-2H3,(H2,17,19). The molecule has 4 heteroatoms. The van der Waals surface area contributed by atoms with E-state index >= 15 is 0 Å². The Labute approximate surface area is 120 Å². The zero-order valence-electron chi connectivity index (χ0n) is 12.5. The number of nitrogens with zero attached hydrogens (tertiary/aromatic N) is 3. The molecule has 0 unspecified atom stereocenters. The van der Waals surface area contributed by atoms with E-state index in [2.05, 4.69) is 27.5 Å². The molecule has 2 N–H and O–H groups in total. The normalized spacial score (nSPS) is 23.3. The highest BCUT2D eigenvalue weighted by molar-refractivity contribution is 5.74. The molecule has 2 aromatic rings. The Bertz CT molecular complexity index is 594. The first-order chi connectivity index (χ1) is 9.69. The number of aromatic nitrogens is 3. The molecule has 20 heavy (non-hydrogen) atoms. The van der Waals surface area contributed by atoms with Crippen molar-refractivity contribution in [2.75, 3.05) is 5.73 Å². The third-order valence-electron chi connectivity index (χ3n) is 4.57. The van der Waals surface area contributed by atoms with Crippen LogP contribution in [-0.4, -0.2) is 14.5 Å².